The minimum Gasteiger partial charge on any atom is -0.379 e. The zero-order chi connectivity index (χ0) is 22.1. The second-order valence-corrected chi connectivity index (χ2v) is 8.54. The van der Waals surface area contributed by atoms with E-state index >= 15 is 0 Å². The predicted octanol–water partition coefficient (Wildman–Crippen LogP) is 4.12. The summed E-state index contributed by atoms with van der Waals surface area (Å²) >= 11 is 12.7. The van der Waals surface area contributed by atoms with Crippen LogP contribution in [-0.2, 0) is 4.74 Å². The Balaban J connectivity index is 1.66. The maximum atomic E-state index is 6.61. The highest BCUT2D eigenvalue weighted by atomic mass is 35.5. The van der Waals surface area contributed by atoms with Crippen LogP contribution in [0.5, 0.6) is 0 Å². The summed E-state index contributed by atoms with van der Waals surface area (Å²) in [6, 6.07) is 14.9. The van der Waals surface area contributed by atoms with Gasteiger partial charge in [-0.05, 0) is 24.3 Å². The number of morpholine rings is 1. The quantitative estimate of drug-likeness (QED) is 0.474. The van der Waals surface area contributed by atoms with E-state index in [-0.39, 0.29) is 6.04 Å². The molecule has 2 aromatic heterocycles. The fraction of sp³-hybridized carbons (Fsp3) is 0.261. The summed E-state index contributed by atoms with van der Waals surface area (Å²) in [6.07, 6.45) is 1.55. The van der Waals surface area contributed by atoms with Crippen molar-refractivity contribution in [3.63, 3.8) is 0 Å². The molecule has 1 aliphatic rings. The van der Waals surface area contributed by atoms with Gasteiger partial charge in [-0.3, -0.25) is 4.90 Å². The first kappa shape index (κ1) is 21.3. The second-order valence-electron chi connectivity index (χ2n) is 7.69. The van der Waals surface area contributed by atoms with Gasteiger partial charge in [-0.2, -0.15) is 5.10 Å². The molecular weight excluding hydrogens is 447 g/mol. The maximum absolute atomic E-state index is 6.61. The highest BCUT2D eigenvalue weighted by molar-refractivity contribution is 6.32. The van der Waals surface area contributed by atoms with Gasteiger partial charge in [0.05, 0.1) is 35.7 Å². The van der Waals surface area contributed by atoms with Crippen molar-refractivity contribution in [1.82, 2.24) is 24.6 Å². The molecule has 4 aromatic rings. The summed E-state index contributed by atoms with van der Waals surface area (Å²) in [5.41, 5.74) is 11.2. The molecule has 9 heteroatoms. The van der Waals surface area contributed by atoms with Crippen LogP contribution < -0.4 is 5.73 Å². The van der Waals surface area contributed by atoms with E-state index in [9.17, 15) is 0 Å². The lowest BCUT2D eigenvalue weighted by atomic mass is 10.1. The van der Waals surface area contributed by atoms with E-state index in [1.54, 1.807) is 6.33 Å². The topological polar surface area (TPSA) is 82.1 Å². The van der Waals surface area contributed by atoms with Crippen molar-refractivity contribution in [3.05, 3.63) is 70.6 Å². The number of benzene rings is 2. The molecule has 7 nitrogen and oxygen atoms in total. The lowest BCUT2D eigenvalue weighted by Gasteiger charge is -2.28. The lowest BCUT2D eigenvalue weighted by Crippen LogP contribution is -2.40. The van der Waals surface area contributed by atoms with Crippen LogP contribution in [0, 0.1) is 0 Å². The van der Waals surface area contributed by atoms with E-state index in [1.807, 2.05) is 53.2 Å². The van der Waals surface area contributed by atoms with E-state index < -0.39 is 0 Å². The molecule has 32 heavy (non-hydrogen) atoms. The average molecular weight is 469 g/mol. The van der Waals surface area contributed by atoms with Gasteiger partial charge in [0.25, 0.3) is 0 Å². The van der Waals surface area contributed by atoms with Gasteiger partial charge in [0.2, 0.25) is 0 Å². The van der Waals surface area contributed by atoms with Crippen LogP contribution in [0.3, 0.4) is 0 Å². The Bertz CT molecular complexity index is 1240. The van der Waals surface area contributed by atoms with Gasteiger partial charge in [-0.1, -0.05) is 47.5 Å². The third-order valence-electron chi connectivity index (χ3n) is 5.59. The van der Waals surface area contributed by atoms with Crippen molar-refractivity contribution in [3.8, 4) is 16.9 Å². The Kier molecular flexibility index (Phi) is 6.08. The minimum absolute atomic E-state index is 0.314. The summed E-state index contributed by atoms with van der Waals surface area (Å²) in [5.74, 6) is 0. The molecule has 1 aliphatic heterocycles. The standard InChI is InChI=1S/C23H22Cl2N6O/c24-16-7-5-15(6-8-16)23-22-21(29-31(23)19-4-2-1-3-17(19)25)20(27-14-28-22)18(26)13-30-9-11-32-12-10-30/h1-8,14,18H,9-13,26H2. The summed E-state index contributed by atoms with van der Waals surface area (Å²) in [4.78, 5) is 11.4. The van der Waals surface area contributed by atoms with E-state index in [0.717, 1.165) is 35.6 Å². The van der Waals surface area contributed by atoms with Crippen LogP contribution in [0.15, 0.2) is 54.9 Å². The SMILES string of the molecule is NC(CN1CCOCC1)c1ncnc2c(-c3ccc(Cl)cc3)n(-c3ccccc3Cl)nc12. The number of rotatable bonds is 5. The number of ether oxygens (including phenoxy) is 1. The predicted molar refractivity (Wildman–Crippen MR) is 126 cm³/mol. The van der Waals surface area contributed by atoms with Gasteiger partial charge in [-0.25, -0.2) is 14.6 Å². The molecule has 1 saturated heterocycles. The Labute approximate surface area is 195 Å². The molecule has 1 atom stereocenters. The highest BCUT2D eigenvalue weighted by Crippen LogP contribution is 2.34. The molecule has 164 valence electrons. The molecule has 0 spiro atoms. The minimum atomic E-state index is -0.314. The lowest BCUT2D eigenvalue weighted by molar-refractivity contribution is 0.0351. The van der Waals surface area contributed by atoms with Crippen molar-refractivity contribution in [2.24, 2.45) is 5.73 Å². The Morgan fingerprint density at radius 1 is 0.969 bits per heavy atom. The zero-order valence-electron chi connectivity index (χ0n) is 17.3. The monoisotopic (exact) mass is 468 g/mol. The molecule has 3 heterocycles. The number of fused-ring (bicyclic) bond motifs is 1. The average Bonchev–Trinajstić information content (AvgIpc) is 3.20. The molecule has 0 aliphatic carbocycles. The Morgan fingerprint density at radius 2 is 1.72 bits per heavy atom. The Morgan fingerprint density at radius 3 is 2.47 bits per heavy atom. The largest absolute Gasteiger partial charge is 0.379 e. The van der Waals surface area contributed by atoms with Gasteiger partial charge in [0, 0.05) is 30.2 Å². The molecule has 0 saturated carbocycles. The first-order valence-corrected chi connectivity index (χ1v) is 11.2. The molecule has 0 amide bonds. The van der Waals surface area contributed by atoms with Crippen molar-refractivity contribution in [2.75, 3.05) is 32.8 Å². The van der Waals surface area contributed by atoms with Gasteiger partial charge >= 0.3 is 0 Å². The second kappa shape index (κ2) is 9.13. The van der Waals surface area contributed by atoms with Crippen molar-refractivity contribution < 1.29 is 4.74 Å². The van der Waals surface area contributed by atoms with Crippen LogP contribution in [0.25, 0.3) is 28.0 Å². The normalized spacial score (nSPS) is 15.8. The van der Waals surface area contributed by atoms with Gasteiger partial charge < -0.3 is 10.5 Å². The van der Waals surface area contributed by atoms with Gasteiger partial charge in [0.15, 0.2) is 0 Å². The fourth-order valence-corrected chi connectivity index (χ4v) is 4.34. The Hall–Kier alpha value is -2.55. The molecule has 2 N–H and O–H groups in total. The maximum Gasteiger partial charge on any atom is 0.135 e. The van der Waals surface area contributed by atoms with E-state index in [4.69, 9.17) is 38.8 Å². The number of hydrogen-bond acceptors (Lipinski definition) is 6. The molecule has 0 radical (unpaired) electrons. The smallest absolute Gasteiger partial charge is 0.135 e. The van der Waals surface area contributed by atoms with Crippen LogP contribution in [0.2, 0.25) is 10.0 Å². The van der Waals surface area contributed by atoms with Crippen LogP contribution in [-0.4, -0.2) is 57.5 Å². The van der Waals surface area contributed by atoms with Gasteiger partial charge in [-0.15, -0.1) is 0 Å². The van der Waals surface area contributed by atoms with Crippen LogP contribution in [0.1, 0.15) is 11.7 Å². The fourth-order valence-electron chi connectivity index (χ4n) is 4.00. The van der Waals surface area contributed by atoms with E-state index in [0.29, 0.717) is 41.0 Å². The van der Waals surface area contributed by atoms with Crippen LogP contribution >= 0.6 is 23.2 Å². The molecule has 2 aromatic carbocycles. The summed E-state index contributed by atoms with van der Waals surface area (Å²) < 4.78 is 7.26. The van der Waals surface area contributed by atoms with Crippen molar-refractivity contribution >= 4 is 34.2 Å². The molecule has 1 fully saturated rings. The van der Waals surface area contributed by atoms with E-state index in [1.165, 1.54) is 0 Å². The summed E-state index contributed by atoms with van der Waals surface area (Å²) in [7, 11) is 0. The molecule has 0 bridgehead atoms. The number of hydrogen-bond donors (Lipinski definition) is 1. The molecular formula is C23H22Cl2N6O. The number of aromatic nitrogens is 4. The highest BCUT2D eigenvalue weighted by Gasteiger charge is 2.24. The zero-order valence-corrected chi connectivity index (χ0v) is 18.8. The van der Waals surface area contributed by atoms with E-state index in [2.05, 4.69) is 14.9 Å². The number of nitrogens with zero attached hydrogens (tertiary/aromatic N) is 5. The summed E-state index contributed by atoms with van der Waals surface area (Å²) in [5, 5.41) is 6.15. The summed E-state index contributed by atoms with van der Waals surface area (Å²) in [6.45, 7) is 3.81. The number of halogens is 2. The number of nitrogens with two attached hydrogens (primary N) is 1. The van der Waals surface area contributed by atoms with Crippen molar-refractivity contribution in [2.45, 2.75) is 6.04 Å². The molecule has 1 unspecified atom stereocenters. The van der Waals surface area contributed by atoms with Crippen LogP contribution in [0.4, 0.5) is 0 Å². The first-order valence-electron chi connectivity index (χ1n) is 10.4. The van der Waals surface area contributed by atoms with Gasteiger partial charge in [0.1, 0.15) is 23.1 Å². The number of para-hydroxylation sites is 1. The van der Waals surface area contributed by atoms with Crippen molar-refractivity contribution in [1.29, 1.82) is 0 Å². The first-order chi connectivity index (χ1) is 15.6. The third kappa shape index (κ3) is 4.10. The third-order valence-corrected chi connectivity index (χ3v) is 6.17. The molecule has 5 rings (SSSR count).